The maximum absolute atomic E-state index is 11.5. The van der Waals surface area contributed by atoms with E-state index < -0.39 is 21.9 Å². The van der Waals surface area contributed by atoms with Gasteiger partial charge in [0.1, 0.15) is 0 Å². The van der Waals surface area contributed by atoms with Gasteiger partial charge in [-0.25, -0.2) is 18.2 Å². The third kappa shape index (κ3) is 3.73. The number of sulfonamides is 1. The lowest BCUT2D eigenvalue weighted by Gasteiger charge is -2.09. The molecule has 0 aliphatic carbocycles. The summed E-state index contributed by atoms with van der Waals surface area (Å²) in [6, 6.07) is 14.9. The minimum Gasteiger partial charge on any atom is -0.481 e. The first-order chi connectivity index (χ1) is 12.7. The molecule has 1 aromatic heterocycles. The van der Waals surface area contributed by atoms with Gasteiger partial charge in [0.2, 0.25) is 10.0 Å². The number of carboxylic acids is 1. The smallest absolute Gasteiger partial charge is 0.312 e. The third-order valence-corrected chi connectivity index (χ3v) is 5.39. The molecule has 9 heteroatoms. The fraction of sp³-hybridized carbons (Fsp3) is 0.111. The zero-order valence-corrected chi connectivity index (χ0v) is 15.8. The first kappa shape index (κ1) is 19.1. The summed E-state index contributed by atoms with van der Waals surface area (Å²) in [5, 5.41) is 19.1. The van der Waals surface area contributed by atoms with Crippen molar-refractivity contribution in [3.05, 3.63) is 65.3 Å². The lowest BCUT2D eigenvalue weighted by Crippen LogP contribution is -2.12. The molecular weight excluding hydrogens is 390 g/mol. The van der Waals surface area contributed by atoms with Gasteiger partial charge in [-0.05, 0) is 31.2 Å². The van der Waals surface area contributed by atoms with Gasteiger partial charge in [-0.3, -0.25) is 4.79 Å². The number of hydrogen-bond acceptors (Lipinski definition) is 4. The molecule has 0 saturated carbocycles. The topological polar surface area (TPSA) is 115 Å². The van der Waals surface area contributed by atoms with E-state index in [-0.39, 0.29) is 15.6 Å². The molecule has 0 aliphatic rings. The molecule has 0 bridgehead atoms. The van der Waals surface area contributed by atoms with Crippen LogP contribution in [-0.2, 0) is 14.8 Å². The maximum Gasteiger partial charge on any atom is 0.312 e. The summed E-state index contributed by atoms with van der Waals surface area (Å²) in [5.41, 5.74) is 2.00. The number of primary sulfonamides is 1. The summed E-state index contributed by atoms with van der Waals surface area (Å²) < 4.78 is 24.4. The van der Waals surface area contributed by atoms with E-state index in [2.05, 4.69) is 5.10 Å². The van der Waals surface area contributed by atoms with Crippen LogP contribution in [0.3, 0.4) is 0 Å². The highest BCUT2D eigenvalue weighted by Crippen LogP contribution is 2.36. The van der Waals surface area contributed by atoms with Crippen molar-refractivity contribution in [2.75, 3.05) is 0 Å². The Hall–Kier alpha value is -2.68. The highest BCUT2D eigenvalue weighted by atomic mass is 35.5. The summed E-state index contributed by atoms with van der Waals surface area (Å²) in [6.07, 6.45) is 0. The Morgan fingerprint density at radius 3 is 2.26 bits per heavy atom. The summed E-state index contributed by atoms with van der Waals surface area (Å²) >= 11 is 6.49. The van der Waals surface area contributed by atoms with Crippen LogP contribution in [0.2, 0.25) is 5.02 Å². The Balaban J connectivity index is 2.22. The third-order valence-electron chi connectivity index (χ3n) is 4.09. The fourth-order valence-electron chi connectivity index (χ4n) is 2.62. The molecule has 27 heavy (non-hydrogen) atoms. The molecule has 3 aromatic rings. The Morgan fingerprint density at radius 1 is 1.15 bits per heavy atom. The van der Waals surface area contributed by atoms with E-state index in [0.29, 0.717) is 11.4 Å². The summed E-state index contributed by atoms with van der Waals surface area (Å²) in [6.45, 7) is 1.50. The lowest BCUT2D eigenvalue weighted by atomic mass is 10.1. The van der Waals surface area contributed by atoms with Crippen molar-refractivity contribution in [1.29, 1.82) is 0 Å². The molecule has 0 unspecified atom stereocenters. The van der Waals surface area contributed by atoms with Crippen LogP contribution in [0.1, 0.15) is 18.5 Å². The largest absolute Gasteiger partial charge is 0.481 e. The quantitative estimate of drug-likeness (QED) is 0.676. The number of hydrogen-bond donors (Lipinski definition) is 2. The van der Waals surface area contributed by atoms with Crippen molar-refractivity contribution in [1.82, 2.24) is 9.78 Å². The van der Waals surface area contributed by atoms with Crippen LogP contribution < -0.4 is 5.14 Å². The SMILES string of the molecule is C[C@@H](C(=O)O)c1nn(-c2ccc(S(N)(=O)=O)cc2)c(-c2ccccc2)c1Cl. The van der Waals surface area contributed by atoms with Gasteiger partial charge >= 0.3 is 5.97 Å². The van der Waals surface area contributed by atoms with Gasteiger partial charge < -0.3 is 5.11 Å². The number of benzene rings is 2. The van der Waals surface area contributed by atoms with Crippen LogP contribution in [-0.4, -0.2) is 29.3 Å². The Labute approximate surface area is 161 Å². The molecule has 3 N–H and O–H groups in total. The fourth-order valence-corrected chi connectivity index (χ4v) is 3.52. The predicted molar refractivity (Wildman–Crippen MR) is 101 cm³/mol. The molecule has 140 valence electrons. The van der Waals surface area contributed by atoms with E-state index in [9.17, 15) is 18.3 Å². The Kier molecular flexibility index (Phi) is 5.05. The molecule has 3 rings (SSSR count). The van der Waals surface area contributed by atoms with E-state index in [0.717, 1.165) is 5.56 Å². The zero-order valence-electron chi connectivity index (χ0n) is 14.2. The van der Waals surface area contributed by atoms with E-state index in [1.165, 1.54) is 35.9 Å². The summed E-state index contributed by atoms with van der Waals surface area (Å²) in [4.78, 5) is 11.4. The molecule has 2 aromatic carbocycles. The molecule has 0 aliphatic heterocycles. The highest BCUT2D eigenvalue weighted by molar-refractivity contribution is 7.89. The first-order valence-electron chi connectivity index (χ1n) is 7.90. The van der Waals surface area contributed by atoms with Gasteiger partial charge in [0.05, 0.1) is 32.9 Å². The van der Waals surface area contributed by atoms with Crippen LogP contribution >= 0.6 is 11.6 Å². The predicted octanol–water partition coefficient (Wildman–Crippen LogP) is 3.03. The average molecular weight is 406 g/mol. The van der Waals surface area contributed by atoms with E-state index in [1.54, 1.807) is 0 Å². The molecule has 0 spiro atoms. The molecule has 0 fully saturated rings. The van der Waals surface area contributed by atoms with Crippen molar-refractivity contribution in [2.24, 2.45) is 5.14 Å². The monoisotopic (exact) mass is 405 g/mol. The maximum atomic E-state index is 11.5. The average Bonchev–Trinajstić information content (AvgIpc) is 2.98. The second-order valence-electron chi connectivity index (χ2n) is 5.92. The zero-order chi connectivity index (χ0) is 19.8. The molecule has 0 amide bonds. The molecule has 0 saturated heterocycles. The Morgan fingerprint density at radius 2 is 1.74 bits per heavy atom. The van der Waals surface area contributed by atoms with Gasteiger partial charge in [0.25, 0.3) is 0 Å². The van der Waals surface area contributed by atoms with Gasteiger partial charge in [-0.1, -0.05) is 41.9 Å². The first-order valence-corrected chi connectivity index (χ1v) is 9.82. The van der Waals surface area contributed by atoms with Gasteiger partial charge in [0, 0.05) is 5.56 Å². The number of halogens is 1. The number of carbonyl (C=O) groups is 1. The number of aromatic nitrogens is 2. The van der Waals surface area contributed by atoms with Crippen LogP contribution in [0.4, 0.5) is 0 Å². The van der Waals surface area contributed by atoms with Crippen molar-refractivity contribution >= 4 is 27.6 Å². The van der Waals surface area contributed by atoms with Crippen LogP contribution in [0.15, 0.2) is 59.5 Å². The summed E-state index contributed by atoms with van der Waals surface area (Å²) in [7, 11) is -3.83. The summed E-state index contributed by atoms with van der Waals surface area (Å²) in [5.74, 6) is -1.96. The normalized spacial score (nSPS) is 12.7. The molecule has 1 atom stereocenters. The van der Waals surface area contributed by atoms with Gasteiger partial charge in [0.15, 0.2) is 0 Å². The van der Waals surface area contributed by atoms with E-state index in [1.807, 2.05) is 30.3 Å². The van der Waals surface area contributed by atoms with Crippen LogP contribution in [0.25, 0.3) is 16.9 Å². The van der Waals surface area contributed by atoms with Crippen molar-refractivity contribution < 1.29 is 18.3 Å². The van der Waals surface area contributed by atoms with Crippen molar-refractivity contribution in [3.63, 3.8) is 0 Å². The highest BCUT2D eigenvalue weighted by Gasteiger charge is 2.26. The lowest BCUT2D eigenvalue weighted by molar-refractivity contribution is -0.138. The second kappa shape index (κ2) is 7.15. The van der Waals surface area contributed by atoms with Crippen LogP contribution in [0.5, 0.6) is 0 Å². The van der Waals surface area contributed by atoms with Crippen molar-refractivity contribution in [3.8, 4) is 16.9 Å². The number of aliphatic carboxylic acids is 1. The van der Waals surface area contributed by atoms with Crippen LogP contribution in [0, 0.1) is 0 Å². The number of carboxylic acid groups (broad SMARTS) is 1. The number of nitrogens with zero attached hydrogens (tertiary/aromatic N) is 2. The minimum absolute atomic E-state index is 0.0371. The number of rotatable bonds is 5. The van der Waals surface area contributed by atoms with Gasteiger partial charge in [-0.15, -0.1) is 0 Å². The number of nitrogens with two attached hydrogens (primary N) is 1. The van der Waals surface area contributed by atoms with E-state index >= 15 is 0 Å². The molecular formula is C18H16ClN3O4S. The minimum atomic E-state index is -3.83. The Bertz CT molecular complexity index is 1090. The molecule has 1 heterocycles. The van der Waals surface area contributed by atoms with Crippen molar-refractivity contribution in [2.45, 2.75) is 17.7 Å². The standard InChI is InChI=1S/C18H16ClN3O4S/c1-11(18(23)24)16-15(19)17(12-5-3-2-4-6-12)22(21-16)13-7-9-14(10-8-13)27(20,25)26/h2-11H,1H3,(H,23,24)(H2,20,25,26)/t11-/m1/s1. The molecule has 0 radical (unpaired) electrons. The van der Waals surface area contributed by atoms with E-state index in [4.69, 9.17) is 16.7 Å². The van der Waals surface area contributed by atoms with Gasteiger partial charge in [-0.2, -0.15) is 5.10 Å². The second-order valence-corrected chi connectivity index (χ2v) is 7.86. The molecule has 7 nitrogen and oxygen atoms in total.